The van der Waals surface area contributed by atoms with Gasteiger partial charge in [0.25, 0.3) is 0 Å². The van der Waals surface area contributed by atoms with Gasteiger partial charge in [0.15, 0.2) is 0 Å². The Balaban J connectivity index is 1.07. The van der Waals surface area contributed by atoms with E-state index in [1.54, 1.807) is 4.57 Å². The van der Waals surface area contributed by atoms with Crippen LogP contribution >= 0.6 is 0 Å². The van der Waals surface area contributed by atoms with Gasteiger partial charge in [-0.15, -0.1) is 0 Å². The highest BCUT2D eigenvalue weighted by Crippen LogP contribution is 2.42. The van der Waals surface area contributed by atoms with Crippen molar-refractivity contribution in [1.29, 1.82) is 0 Å². The molecule has 0 bridgehead atoms. The predicted octanol–water partition coefficient (Wildman–Crippen LogP) is 16.2. The number of hydrogen-bond donors (Lipinski definition) is 0. The summed E-state index contributed by atoms with van der Waals surface area (Å²) >= 11 is 0. The van der Waals surface area contributed by atoms with Crippen LogP contribution in [-0.4, -0.2) is 9.13 Å². The van der Waals surface area contributed by atoms with Crippen molar-refractivity contribution in [1.82, 2.24) is 9.13 Å². The summed E-state index contributed by atoms with van der Waals surface area (Å²) in [5.74, 6) is 0. The highest BCUT2D eigenvalue weighted by Gasteiger charge is 2.19. The predicted molar refractivity (Wildman–Crippen MR) is 262 cm³/mol. The summed E-state index contributed by atoms with van der Waals surface area (Å²) in [7, 11) is 0. The van der Waals surface area contributed by atoms with Crippen LogP contribution in [0.3, 0.4) is 0 Å². The third kappa shape index (κ3) is 6.04. The Kier molecular flexibility index (Phi) is 6.95. The minimum absolute atomic E-state index is 0.0861. The molecule has 0 aliphatic carbocycles. The molecule has 10 aromatic carbocycles. The van der Waals surface area contributed by atoms with Crippen molar-refractivity contribution in [2.24, 2.45) is 0 Å². The second-order valence-corrected chi connectivity index (χ2v) is 15.6. The van der Waals surface area contributed by atoms with E-state index in [4.69, 9.17) is 2.74 Å². The summed E-state index contributed by atoms with van der Waals surface area (Å²) in [4.78, 5) is 0. The average molecular weight is 796 g/mol. The summed E-state index contributed by atoms with van der Waals surface area (Å²) in [5, 5.41) is 2.23. The van der Waals surface area contributed by atoms with E-state index in [-0.39, 0.29) is 57.6 Å². The van der Waals surface area contributed by atoms with Crippen LogP contribution in [0.5, 0.6) is 0 Å². The van der Waals surface area contributed by atoms with Gasteiger partial charge in [0.05, 0.1) is 31.7 Å². The lowest BCUT2D eigenvalue weighted by Crippen LogP contribution is -1.94. The van der Waals surface area contributed by atoms with E-state index in [1.807, 2.05) is 109 Å². The molecule has 0 fully saturated rings. The third-order valence-corrected chi connectivity index (χ3v) is 12.0. The topological polar surface area (TPSA) is 9.86 Å². The molecule has 12 aromatic rings. The zero-order chi connectivity index (χ0) is 47.1. The lowest BCUT2D eigenvalue weighted by atomic mass is 9.97. The SMILES string of the molecule is [2H]c1c([2H])c([2H])c2c(c1[2H])c1c([2H])c(-c3ccc4c(c3)c3c(-c5ccccc5)cccc3n4-c3ccc(-c4ccccc4)cc3)c([2H])c([2H])c1n2-c1ccc(-c2cccc(-c3ccccc3)c2)cc1. The second kappa shape index (κ2) is 14.8. The van der Waals surface area contributed by atoms with Crippen LogP contribution in [0.1, 0.15) is 9.60 Å². The van der Waals surface area contributed by atoms with E-state index < -0.39 is 12.1 Å². The van der Waals surface area contributed by atoms with Crippen molar-refractivity contribution in [3.63, 3.8) is 0 Å². The van der Waals surface area contributed by atoms with Gasteiger partial charge in [0.1, 0.15) is 0 Å². The number of para-hydroxylation sites is 1. The first-order valence-electron chi connectivity index (χ1n) is 24.3. The van der Waals surface area contributed by atoms with Crippen molar-refractivity contribution in [2.45, 2.75) is 0 Å². The van der Waals surface area contributed by atoms with Crippen LogP contribution in [0, 0.1) is 0 Å². The summed E-state index contributed by atoms with van der Waals surface area (Å²) in [6.07, 6.45) is 0. The van der Waals surface area contributed by atoms with E-state index in [9.17, 15) is 6.85 Å². The molecule has 0 radical (unpaired) electrons. The number of benzene rings is 10. The lowest BCUT2D eigenvalue weighted by molar-refractivity contribution is 1.18. The zero-order valence-electron chi connectivity index (χ0n) is 40.4. The van der Waals surface area contributed by atoms with Crippen molar-refractivity contribution in [3.8, 4) is 67.0 Å². The lowest BCUT2D eigenvalue weighted by Gasteiger charge is -2.11. The van der Waals surface area contributed by atoms with Crippen LogP contribution in [-0.2, 0) is 0 Å². The summed E-state index contributed by atoms with van der Waals surface area (Å²) in [6, 6.07) is 65.4. The van der Waals surface area contributed by atoms with Crippen molar-refractivity contribution in [2.75, 3.05) is 0 Å². The molecule has 0 saturated heterocycles. The molecular formula is C60H40N2. The maximum Gasteiger partial charge on any atom is 0.0645 e. The molecule has 2 nitrogen and oxygen atoms in total. The number of fused-ring (bicyclic) bond motifs is 6. The van der Waals surface area contributed by atoms with Gasteiger partial charge in [-0.3, -0.25) is 0 Å². The van der Waals surface area contributed by atoms with Crippen molar-refractivity contribution >= 4 is 43.6 Å². The second-order valence-electron chi connectivity index (χ2n) is 15.6. The van der Waals surface area contributed by atoms with Gasteiger partial charge >= 0.3 is 0 Å². The molecular weight excluding hydrogens is 749 g/mol. The van der Waals surface area contributed by atoms with Gasteiger partial charge in [-0.25, -0.2) is 0 Å². The molecule has 0 N–H and O–H groups in total. The Hall–Kier alpha value is -8.20. The smallest absolute Gasteiger partial charge is 0.0645 e. The minimum Gasteiger partial charge on any atom is -0.309 e. The fourth-order valence-electron chi connectivity index (χ4n) is 9.03. The van der Waals surface area contributed by atoms with Crippen LogP contribution in [0.25, 0.3) is 111 Å². The molecule has 0 saturated carbocycles. The highest BCUT2D eigenvalue weighted by molar-refractivity contribution is 6.17. The van der Waals surface area contributed by atoms with Crippen LogP contribution in [0.2, 0.25) is 0 Å². The molecule has 0 spiro atoms. The molecule has 0 amide bonds. The monoisotopic (exact) mass is 795 g/mol. The molecule has 12 rings (SSSR count). The van der Waals surface area contributed by atoms with Crippen molar-refractivity contribution < 1.29 is 9.60 Å². The van der Waals surface area contributed by atoms with Crippen LogP contribution in [0.15, 0.2) is 242 Å². The summed E-state index contributed by atoms with van der Waals surface area (Å²) in [6.45, 7) is 0. The molecule has 0 aliphatic heterocycles. The maximum atomic E-state index is 10.0. The number of hydrogen-bond acceptors (Lipinski definition) is 0. The zero-order valence-corrected chi connectivity index (χ0v) is 33.4. The van der Waals surface area contributed by atoms with Gasteiger partial charge < -0.3 is 9.13 Å². The molecule has 62 heavy (non-hydrogen) atoms. The van der Waals surface area contributed by atoms with Gasteiger partial charge in [0, 0.05) is 32.9 Å². The molecule has 0 aliphatic rings. The average Bonchev–Trinajstić information content (AvgIpc) is 3.94. The molecule has 0 atom stereocenters. The summed E-state index contributed by atoms with van der Waals surface area (Å²) < 4.78 is 69.4. The Bertz CT molecular complexity index is 3990. The van der Waals surface area contributed by atoms with E-state index in [0.29, 0.717) is 11.3 Å². The quantitative estimate of drug-likeness (QED) is 0.152. The Morgan fingerprint density at radius 2 is 0.790 bits per heavy atom. The summed E-state index contributed by atoms with van der Waals surface area (Å²) in [5.41, 5.74) is 12.9. The molecule has 2 aromatic heterocycles. The van der Waals surface area contributed by atoms with Gasteiger partial charge in [-0.2, -0.15) is 0 Å². The molecule has 2 heteroatoms. The minimum atomic E-state index is -0.429. The fourth-order valence-corrected chi connectivity index (χ4v) is 9.03. The van der Waals surface area contributed by atoms with E-state index in [1.165, 1.54) is 0 Å². The number of aromatic nitrogens is 2. The third-order valence-electron chi connectivity index (χ3n) is 12.0. The first-order valence-corrected chi connectivity index (χ1v) is 20.8. The van der Waals surface area contributed by atoms with Crippen molar-refractivity contribution in [3.05, 3.63) is 242 Å². The Morgan fingerprint density at radius 3 is 1.47 bits per heavy atom. The van der Waals surface area contributed by atoms with E-state index in [0.717, 1.165) is 72.0 Å². The first-order chi connectivity index (χ1) is 33.7. The van der Waals surface area contributed by atoms with E-state index in [2.05, 4.69) is 95.6 Å². The first kappa shape index (κ1) is 29.1. The number of nitrogens with zero attached hydrogens (tertiary/aromatic N) is 2. The Labute approximate surface area is 370 Å². The Morgan fingerprint density at radius 1 is 0.290 bits per heavy atom. The van der Waals surface area contributed by atoms with Crippen LogP contribution < -0.4 is 0 Å². The van der Waals surface area contributed by atoms with Gasteiger partial charge in [-0.1, -0.05) is 176 Å². The molecule has 0 unspecified atom stereocenters. The van der Waals surface area contributed by atoms with Gasteiger partial charge in [0.2, 0.25) is 0 Å². The maximum absolute atomic E-state index is 10.0. The standard InChI is InChI=1S/C60H40N2/c1-4-14-41(15-5-1)43-26-32-51(33-27-43)62-58-37-31-49(40-55(58)60-52(23-13-25-59(60)62)45-18-8-3-9-19-45)48-30-36-57-54(39-48)53-22-10-11-24-56(53)61(57)50-34-28-44(29-35-50)47-21-12-20-46(38-47)42-16-6-2-7-17-42/h1-40H/i10D,11D,22D,24D,30D,36D,39D. The van der Waals surface area contributed by atoms with Crippen LogP contribution in [0.4, 0.5) is 0 Å². The normalized spacial score (nSPS) is 13.1. The van der Waals surface area contributed by atoms with Gasteiger partial charge in [-0.05, 0) is 122 Å². The molecule has 2 heterocycles. The largest absolute Gasteiger partial charge is 0.309 e. The number of rotatable bonds is 7. The highest BCUT2D eigenvalue weighted by atomic mass is 15.0. The van der Waals surface area contributed by atoms with E-state index >= 15 is 0 Å². The fraction of sp³-hybridized carbons (Fsp3) is 0. The molecule has 290 valence electrons.